The van der Waals surface area contributed by atoms with Crippen LogP contribution in [0.4, 0.5) is 5.69 Å². The highest BCUT2D eigenvalue weighted by Gasteiger charge is 2.30. The van der Waals surface area contributed by atoms with Crippen LogP contribution in [-0.2, 0) is 19.1 Å². The Balaban J connectivity index is 1.61. The van der Waals surface area contributed by atoms with Crippen LogP contribution in [0.1, 0.15) is 52.4 Å². The molecule has 0 unspecified atom stereocenters. The molecule has 1 saturated carbocycles. The summed E-state index contributed by atoms with van der Waals surface area (Å²) in [6, 6.07) is 9.05. The van der Waals surface area contributed by atoms with Crippen molar-refractivity contribution in [3.8, 4) is 0 Å². The fraction of sp³-hybridized carbons (Fsp3) is 0.524. The van der Waals surface area contributed by atoms with E-state index in [1.54, 1.807) is 31.2 Å². The van der Waals surface area contributed by atoms with Crippen molar-refractivity contribution in [2.75, 3.05) is 5.01 Å². The third kappa shape index (κ3) is 4.77. The molecule has 28 heavy (non-hydrogen) atoms. The van der Waals surface area contributed by atoms with E-state index in [0.717, 1.165) is 19.3 Å². The van der Waals surface area contributed by atoms with Crippen molar-refractivity contribution in [2.45, 2.75) is 64.5 Å². The number of carbonyl (C=O) groups excluding carboxylic acids is 3. The lowest BCUT2D eigenvalue weighted by molar-refractivity contribution is -0.149. The number of nitrogens with zero attached hydrogens (tertiary/aromatic N) is 2. The van der Waals surface area contributed by atoms with Gasteiger partial charge in [-0.25, -0.2) is 9.80 Å². The lowest BCUT2D eigenvalue weighted by atomic mass is 9.86. The second-order valence-corrected chi connectivity index (χ2v) is 7.51. The first-order valence-electron chi connectivity index (χ1n) is 9.92. The molecule has 1 heterocycles. The smallest absolute Gasteiger partial charge is 0.355 e. The average molecular weight is 385 g/mol. The number of hydrogen-bond donors (Lipinski definition) is 1. The predicted molar refractivity (Wildman–Crippen MR) is 106 cm³/mol. The second kappa shape index (κ2) is 8.99. The number of rotatable bonds is 5. The van der Waals surface area contributed by atoms with E-state index in [1.807, 2.05) is 6.07 Å². The van der Waals surface area contributed by atoms with Crippen LogP contribution in [0.2, 0.25) is 0 Å². The minimum absolute atomic E-state index is 0.126. The summed E-state index contributed by atoms with van der Waals surface area (Å²) >= 11 is 0. The molecule has 2 amide bonds. The predicted octanol–water partition coefficient (Wildman–Crippen LogP) is 2.80. The molecule has 1 N–H and O–H groups in total. The lowest BCUT2D eigenvalue weighted by Gasteiger charge is -2.30. The molecule has 1 aliphatic carbocycles. The van der Waals surface area contributed by atoms with E-state index >= 15 is 0 Å². The molecule has 7 heteroatoms. The van der Waals surface area contributed by atoms with E-state index in [4.69, 9.17) is 4.74 Å². The van der Waals surface area contributed by atoms with Crippen molar-refractivity contribution in [1.82, 2.24) is 5.32 Å². The second-order valence-electron chi connectivity index (χ2n) is 7.51. The van der Waals surface area contributed by atoms with Crippen molar-refractivity contribution in [1.29, 1.82) is 0 Å². The zero-order valence-corrected chi connectivity index (χ0v) is 16.4. The number of hydrazone groups is 1. The molecule has 1 aromatic carbocycles. The van der Waals surface area contributed by atoms with E-state index in [-0.39, 0.29) is 36.4 Å². The maximum Gasteiger partial charge on any atom is 0.355 e. The molecule has 0 bridgehead atoms. The lowest BCUT2D eigenvalue weighted by Crippen LogP contribution is -2.46. The molecule has 0 radical (unpaired) electrons. The van der Waals surface area contributed by atoms with Gasteiger partial charge in [0.2, 0.25) is 5.91 Å². The van der Waals surface area contributed by atoms with Gasteiger partial charge in [0, 0.05) is 18.9 Å². The molecule has 0 saturated heterocycles. The topological polar surface area (TPSA) is 88.1 Å². The van der Waals surface area contributed by atoms with Crippen molar-refractivity contribution >= 4 is 29.2 Å². The summed E-state index contributed by atoms with van der Waals surface area (Å²) in [7, 11) is 0. The van der Waals surface area contributed by atoms with E-state index in [1.165, 1.54) is 11.4 Å². The van der Waals surface area contributed by atoms with Gasteiger partial charge in [-0.1, -0.05) is 38.0 Å². The van der Waals surface area contributed by atoms with Crippen LogP contribution in [0.5, 0.6) is 0 Å². The highest BCUT2D eigenvalue weighted by atomic mass is 16.5. The van der Waals surface area contributed by atoms with Gasteiger partial charge < -0.3 is 10.1 Å². The Labute approximate surface area is 165 Å². The van der Waals surface area contributed by atoms with Crippen LogP contribution in [0.3, 0.4) is 0 Å². The molecule has 0 spiro atoms. The van der Waals surface area contributed by atoms with E-state index in [9.17, 15) is 14.4 Å². The quantitative estimate of drug-likeness (QED) is 0.790. The molecule has 1 fully saturated rings. The summed E-state index contributed by atoms with van der Waals surface area (Å²) in [5, 5.41) is 8.38. The summed E-state index contributed by atoms with van der Waals surface area (Å²) in [4.78, 5) is 37.1. The highest BCUT2D eigenvalue weighted by Crippen LogP contribution is 2.24. The van der Waals surface area contributed by atoms with Crippen LogP contribution < -0.4 is 10.3 Å². The number of nitrogens with one attached hydrogen (secondary N) is 1. The molecule has 2 aliphatic rings. The van der Waals surface area contributed by atoms with Gasteiger partial charge in [0.25, 0.3) is 5.91 Å². The molecular formula is C21H27N3O4. The van der Waals surface area contributed by atoms with Gasteiger partial charge >= 0.3 is 5.97 Å². The maximum absolute atomic E-state index is 12.5. The number of benzene rings is 1. The maximum atomic E-state index is 12.5. The monoisotopic (exact) mass is 385 g/mol. The van der Waals surface area contributed by atoms with Crippen LogP contribution >= 0.6 is 0 Å². The van der Waals surface area contributed by atoms with E-state index < -0.39 is 12.1 Å². The molecular weight excluding hydrogens is 358 g/mol. The normalized spacial score (nSPS) is 23.6. The van der Waals surface area contributed by atoms with E-state index in [2.05, 4.69) is 17.3 Å². The molecule has 7 nitrogen and oxygen atoms in total. The third-order valence-electron chi connectivity index (χ3n) is 5.36. The van der Waals surface area contributed by atoms with Gasteiger partial charge in [0.05, 0.1) is 5.69 Å². The number of ether oxygens (including phenoxy) is 1. The van der Waals surface area contributed by atoms with Crippen LogP contribution in [0, 0.1) is 5.92 Å². The fourth-order valence-corrected chi connectivity index (χ4v) is 3.58. The van der Waals surface area contributed by atoms with Crippen LogP contribution in [-0.4, -0.2) is 35.6 Å². The molecule has 3 rings (SSSR count). The summed E-state index contributed by atoms with van der Waals surface area (Å²) in [6.07, 6.45) is 3.80. The van der Waals surface area contributed by atoms with Crippen LogP contribution in [0.25, 0.3) is 0 Å². The summed E-state index contributed by atoms with van der Waals surface area (Å²) < 4.78 is 5.33. The zero-order valence-electron chi connectivity index (χ0n) is 16.4. The van der Waals surface area contributed by atoms with Gasteiger partial charge in [0.1, 0.15) is 5.71 Å². The van der Waals surface area contributed by atoms with Gasteiger partial charge in [-0.3, -0.25) is 9.59 Å². The Morgan fingerprint density at radius 3 is 2.61 bits per heavy atom. The largest absolute Gasteiger partial charge is 0.448 e. The number of anilines is 1. The SMILES string of the molecule is C[C@H](OC(=O)C1=NN(c2ccccc2)C(=O)CC1)C(=O)N[C@H]1CCCC[C@H]1C. The minimum Gasteiger partial charge on any atom is -0.448 e. The van der Waals surface area contributed by atoms with Crippen molar-refractivity contribution in [3.63, 3.8) is 0 Å². The van der Waals surface area contributed by atoms with Crippen LogP contribution in [0.15, 0.2) is 35.4 Å². The number of para-hydroxylation sites is 1. The Hall–Kier alpha value is -2.70. The van der Waals surface area contributed by atoms with Crippen molar-refractivity contribution in [2.24, 2.45) is 11.0 Å². The Morgan fingerprint density at radius 2 is 1.89 bits per heavy atom. The third-order valence-corrected chi connectivity index (χ3v) is 5.36. The first-order valence-corrected chi connectivity index (χ1v) is 9.92. The molecule has 1 aromatic rings. The van der Waals surface area contributed by atoms with Crippen molar-refractivity contribution < 1.29 is 19.1 Å². The van der Waals surface area contributed by atoms with Crippen molar-refractivity contribution in [3.05, 3.63) is 30.3 Å². The summed E-state index contributed by atoms with van der Waals surface area (Å²) in [5.74, 6) is -0.708. The average Bonchev–Trinajstić information content (AvgIpc) is 2.70. The first-order chi connectivity index (χ1) is 13.5. The fourth-order valence-electron chi connectivity index (χ4n) is 3.58. The molecule has 3 atom stereocenters. The number of hydrogen-bond acceptors (Lipinski definition) is 5. The number of carbonyl (C=O) groups is 3. The Kier molecular flexibility index (Phi) is 6.44. The van der Waals surface area contributed by atoms with Gasteiger partial charge in [-0.2, -0.15) is 5.10 Å². The molecule has 1 aliphatic heterocycles. The first kappa shape index (κ1) is 20.0. The highest BCUT2D eigenvalue weighted by molar-refractivity contribution is 6.38. The number of amides is 2. The van der Waals surface area contributed by atoms with E-state index in [0.29, 0.717) is 11.6 Å². The summed E-state index contributed by atoms with van der Waals surface area (Å²) in [6.45, 7) is 3.69. The van der Waals surface area contributed by atoms with Gasteiger partial charge in [-0.15, -0.1) is 0 Å². The number of esters is 1. The standard InChI is InChI=1S/C21H27N3O4/c1-14-8-6-7-11-17(14)22-20(26)15(2)28-21(27)18-12-13-19(25)24(23-18)16-9-4-3-5-10-16/h3-5,9-10,14-15,17H,6-8,11-13H2,1-2H3,(H,22,26)/t14-,15+,17+/m1/s1. The molecule has 150 valence electrons. The summed E-state index contributed by atoms with van der Waals surface area (Å²) in [5.41, 5.74) is 0.740. The minimum atomic E-state index is -0.910. The Morgan fingerprint density at radius 1 is 1.18 bits per heavy atom. The van der Waals surface area contributed by atoms with Gasteiger partial charge in [-0.05, 0) is 37.8 Å². The van der Waals surface area contributed by atoms with Gasteiger partial charge in [0.15, 0.2) is 6.10 Å². The Bertz CT molecular complexity index is 762. The molecule has 0 aromatic heterocycles. The zero-order chi connectivity index (χ0) is 20.1.